The van der Waals surface area contributed by atoms with Gasteiger partial charge in [0.2, 0.25) is 0 Å². The van der Waals surface area contributed by atoms with Gasteiger partial charge in [-0.15, -0.1) is 0 Å². The molecule has 2 fully saturated rings. The number of allylic oxidation sites excluding steroid dienone is 4. The second-order valence-electron chi connectivity index (χ2n) is 21.5. The first-order valence-electron chi connectivity index (χ1n) is 30.4. The summed E-state index contributed by atoms with van der Waals surface area (Å²) in [6, 6.07) is 0. The number of hydrogen-bond acceptors (Lipinski definition) is 15. The topological polar surface area (TPSA) is 231 Å². The summed E-state index contributed by atoms with van der Waals surface area (Å²) in [5, 5.41) is 72.3. The normalized spacial score (nSPS) is 24.6. The molecular weight excluding hydrogens is 961 g/mol. The minimum Gasteiger partial charge on any atom is -0.462 e. The van der Waals surface area contributed by atoms with Gasteiger partial charge >= 0.3 is 11.9 Å². The highest BCUT2D eigenvalue weighted by atomic mass is 16.7. The van der Waals surface area contributed by atoms with E-state index in [1.165, 1.54) is 161 Å². The van der Waals surface area contributed by atoms with Gasteiger partial charge in [-0.3, -0.25) is 9.59 Å². The van der Waals surface area contributed by atoms with Crippen molar-refractivity contribution in [1.29, 1.82) is 0 Å². The molecule has 2 aliphatic heterocycles. The lowest BCUT2D eigenvalue weighted by Crippen LogP contribution is -2.61. The van der Waals surface area contributed by atoms with Gasteiger partial charge in [-0.05, 0) is 44.9 Å². The largest absolute Gasteiger partial charge is 0.462 e. The van der Waals surface area contributed by atoms with Crippen molar-refractivity contribution in [3.8, 4) is 0 Å². The smallest absolute Gasteiger partial charge is 0.306 e. The molecular formula is C60H110O15. The molecule has 0 bridgehead atoms. The average Bonchev–Trinajstić information content (AvgIpc) is 3.40. The van der Waals surface area contributed by atoms with Crippen molar-refractivity contribution < 1.29 is 73.8 Å². The van der Waals surface area contributed by atoms with Crippen LogP contribution in [-0.4, -0.2) is 142 Å². The van der Waals surface area contributed by atoms with Crippen LogP contribution in [0, 0.1) is 0 Å². The van der Waals surface area contributed by atoms with Crippen LogP contribution < -0.4 is 0 Å². The van der Waals surface area contributed by atoms with Crippen LogP contribution in [0.15, 0.2) is 24.3 Å². The number of unbranched alkanes of at least 4 members (excludes halogenated alkanes) is 31. The Morgan fingerprint density at radius 2 is 0.800 bits per heavy atom. The van der Waals surface area contributed by atoms with E-state index >= 15 is 0 Å². The minimum absolute atomic E-state index is 0.166. The average molecular weight is 1070 g/mol. The molecule has 0 aromatic heterocycles. The van der Waals surface area contributed by atoms with Crippen molar-refractivity contribution >= 4 is 11.9 Å². The van der Waals surface area contributed by atoms with E-state index in [0.29, 0.717) is 12.8 Å². The summed E-state index contributed by atoms with van der Waals surface area (Å²) in [7, 11) is 0. The quantitative estimate of drug-likeness (QED) is 0.0171. The van der Waals surface area contributed by atoms with Gasteiger partial charge in [0.25, 0.3) is 0 Å². The number of aliphatic hydroxyl groups is 7. The van der Waals surface area contributed by atoms with Crippen LogP contribution in [0.1, 0.15) is 251 Å². The fourth-order valence-electron chi connectivity index (χ4n) is 9.72. The zero-order chi connectivity index (χ0) is 54.6. The number of ether oxygens (including phenoxy) is 6. The van der Waals surface area contributed by atoms with Gasteiger partial charge in [0.1, 0.15) is 55.4 Å². The molecule has 440 valence electrons. The van der Waals surface area contributed by atoms with Crippen LogP contribution in [0.25, 0.3) is 0 Å². The number of rotatable bonds is 49. The molecule has 2 rings (SSSR count). The van der Waals surface area contributed by atoms with Crippen LogP contribution in [0.4, 0.5) is 0 Å². The number of esters is 2. The summed E-state index contributed by atoms with van der Waals surface area (Å²) in [4.78, 5) is 25.9. The zero-order valence-electron chi connectivity index (χ0n) is 47.0. The summed E-state index contributed by atoms with van der Waals surface area (Å²) in [5.41, 5.74) is 0. The van der Waals surface area contributed by atoms with Gasteiger partial charge < -0.3 is 64.2 Å². The summed E-state index contributed by atoms with van der Waals surface area (Å²) >= 11 is 0. The van der Waals surface area contributed by atoms with E-state index in [1.807, 2.05) is 0 Å². The summed E-state index contributed by atoms with van der Waals surface area (Å²) in [5.74, 6) is -0.913. The molecule has 75 heavy (non-hydrogen) atoms. The number of hydrogen-bond donors (Lipinski definition) is 7. The number of aliphatic hydroxyl groups excluding tert-OH is 7. The Bertz CT molecular complexity index is 1400. The van der Waals surface area contributed by atoms with Crippen LogP contribution in [0.2, 0.25) is 0 Å². The maximum absolute atomic E-state index is 13.1. The van der Waals surface area contributed by atoms with Crippen LogP contribution in [0.5, 0.6) is 0 Å². The fourth-order valence-corrected chi connectivity index (χ4v) is 9.72. The van der Waals surface area contributed by atoms with Crippen molar-refractivity contribution in [3.05, 3.63) is 24.3 Å². The van der Waals surface area contributed by atoms with Gasteiger partial charge in [-0.2, -0.15) is 0 Å². The molecule has 0 aromatic rings. The Morgan fingerprint density at radius 3 is 1.24 bits per heavy atom. The summed E-state index contributed by atoms with van der Waals surface area (Å²) in [6.07, 6.45) is 34.8. The van der Waals surface area contributed by atoms with E-state index in [1.54, 1.807) is 0 Å². The Hall–Kier alpha value is -2.02. The molecule has 11 atom stereocenters. The highest BCUT2D eigenvalue weighted by Crippen LogP contribution is 2.27. The predicted molar refractivity (Wildman–Crippen MR) is 294 cm³/mol. The highest BCUT2D eigenvalue weighted by Gasteiger charge is 2.47. The van der Waals surface area contributed by atoms with Gasteiger partial charge in [-0.1, -0.05) is 218 Å². The van der Waals surface area contributed by atoms with Crippen molar-refractivity contribution in [3.63, 3.8) is 0 Å². The molecule has 2 saturated heterocycles. The zero-order valence-corrected chi connectivity index (χ0v) is 47.0. The lowest BCUT2D eigenvalue weighted by Gasteiger charge is -2.42. The second-order valence-corrected chi connectivity index (χ2v) is 21.5. The first-order chi connectivity index (χ1) is 36.5. The second kappa shape index (κ2) is 46.9. The first-order valence-corrected chi connectivity index (χ1v) is 30.4. The van der Waals surface area contributed by atoms with Crippen LogP contribution in [0.3, 0.4) is 0 Å². The van der Waals surface area contributed by atoms with E-state index in [-0.39, 0.29) is 26.1 Å². The van der Waals surface area contributed by atoms with Gasteiger partial charge in [0, 0.05) is 12.8 Å². The predicted octanol–water partition coefficient (Wildman–Crippen LogP) is 10.7. The van der Waals surface area contributed by atoms with E-state index in [9.17, 15) is 45.3 Å². The lowest BCUT2D eigenvalue weighted by molar-refractivity contribution is -0.332. The monoisotopic (exact) mass is 1070 g/mol. The van der Waals surface area contributed by atoms with Crippen molar-refractivity contribution in [2.24, 2.45) is 0 Å². The van der Waals surface area contributed by atoms with Crippen molar-refractivity contribution in [2.45, 2.75) is 319 Å². The van der Waals surface area contributed by atoms with Gasteiger partial charge in [0.05, 0.1) is 19.8 Å². The molecule has 2 heterocycles. The number of carbonyl (C=O) groups is 2. The van der Waals surface area contributed by atoms with Crippen molar-refractivity contribution in [2.75, 3.05) is 26.4 Å². The maximum atomic E-state index is 13.1. The molecule has 0 saturated carbocycles. The standard InChI is InChI=1S/C60H110O15/c1-3-5-7-9-11-13-15-17-19-21-22-23-24-25-26-27-29-31-33-35-37-39-41-43-52(63)73-48(45-70-51(62)42-40-38-36-34-32-30-28-20-18-16-14-12-10-8-6-4-2)46-71-59-58(69)56(67)54(65)50(75-59)47-72-60-57(68)55(66)53(64)49(44-61)74-60/h15,17,21-22,48-50,53-61,64-69H,3-14,16,18-20,23-47H2,1-2H3/b17-15-,22-21-. The Balaban J connectivity index is 1.72. The highest BCUT2D eigenvalue weighted by molar-refractivity contribution is 5.70. The SMILES string of the molecule is CCCCCCC/C=C\C/C=C\CCCCCCCCCCCCCC(=O)OC(COC(=O)CCCCCCCCCCCCCCCCCC)COC1OC(COC2OC(CO)C(O)C(O)C2O)C(O)C(O)C1O. The summed E-state index contributed by atoms with van der Waals surface area (Å²) in [6.45, 7) is 2.63. The fraction of sp³-hybridized carbons (Fsp3) is 0.900. The Morgan fingerprint density at radius 1 is 0.427 bits per heavy atom. The summed E-state index contributed by atoms with van der Waals surface area (Å²) < 4.78 is 33.7. The molecule has 11 unspecified atom stereocenters. The number of carbonyl (C=O) groups excluding carboxylic acids is 2. The minimum atomic E-state index is -1.76. The molecule has 15 heteroatoms. The Kier molecular flexibility index (Phi) is 43.2. The third-order valence-electron chi connectivity index (χ3n) is 14.7. The Labute approximate surface area is 453 Å². The molecule has 7 N–H and O–H groups in total. The first kappa shape index (κ1) is 69.1. The van der Waals surface area contributed by atoms with E-state index in [0.717, 1.165) is 51.4 Å². The van der Waals surface area contributed by atoms with Crippen LogP contribution >= 0.6 is 0 Å². The lowest BCUT2D eigenvalue weighted by atomic mass is 9.98. The molecule has 0 aliphatic carbocycles. The van der Waals surface area contributed by atoms with Crippen molar-refractivity contribution in [1.82, 2.24) is 0 Å². The molecule has 0 amide bonds. The van der Waals surface area contributed by atoms with E-state index in [4.69, 9.17) is 28.4 Å². The molecule has 15 nitrogen and oxygen atoms in total. The van der Waals surface area contributed by atoms with Crippen LogP contribution in [-0.2, 0) is 38.0 Å². The third kappa shape index (κ3) is 33.9. The molecule has 2 aliphatic rings. The maximum Gasteiger partial charge on any atom is 0.306 e. The molecule has 0 aromatic carbocycles. The van der Waals surface area contributed by atoms with Gasteiger partial charge in [-0.25, -0.2) is 0 Å². The van der Waals surface area contributed by atoms with E-state index < -0.39 is 92.7 Å². The molecule has 0 radical (unpaired) electrons. The molecule has 0 spiro atoms. The third-order valence-corrected chi connectivity index (χ3v) is 14.7. The van der Waals surface area contributed by atoms with Gasteiger partial charge in [0.15, 0.2) is 18.7 Å². The van der Waals surface area contributed by atoms with E-state index in [2.05, 4.69) is 38.2 Å².